The van der Waals surface area contributed by atoms with Gasteiger partial charge in [0.15, 0.2) is 0 Å². The fourth-order valence-electron chi connectivity index (χ4n) is 1.33. The van der Waals surface area contributed by atoms with Gasteiger partial charge in [0.25, 0.3) is 17.6 Å². The molecular formula is C11H13N5O2. The van der Waals surface area contributed by atoms with Gasteiger partial charge in [-0.15, -0.1) is 0 Å². The van der Waals surface area contributed by atoms with E-state index in [9.17, 15) is 4.79 Å². The molecule has 2 aromatic heterocycles. The summed E-state index contributed by atoms with van der Waals surface area (Å²) in [5, 5.41) is 6.17. The van der Waals surface area contributed by atoms with E-state index in [2.05, 4.69) is 20.4 Å². The maximum Gasteiger partial charge on any atom is 0.292 e. The Kier molecular flexibility index (Phi) is 3.63. The van der Waals surface area contributed by atoms with E-state index in [1.807, 2.05) is 13.0 Å². The maximum atomic E-state index is 11.5. The number of hydrogen-bond acceptors (Lipinski definition) is 6. The molecule has 0 aliphatic carbocycles. The Morgan fingerprint density at radius 3 is 2.94 bits per heavy atom. The van der Waals surface area contributed by atoms with E-state index < -0.39 is 0 Å². The van der Waals surface area contributed by atoms with Gasteiger partial charge >= 0.3 is 0 Å². The third-order valence-electron chi connectivity index (χ3n) is 2.25. The van der Waals surface area contributed by atoms with Crippen LogP contribution in [-0.2, 0) is 6.54 Å². The lowest BCUT2D eigenvalue weighted by atomic mass is 10.2. The van der Waals surface area contributed by atoms with Gasteiger partial charge in [0.05, 0.1) is 0 Å². The first kappa shape index (κ1) is 12.2. The standard InChI is InChI=1S/C11H13N5O2/c1-2-13-10(17)9-15-11(18-16-9)8-4-3-7(5-12)6-14-8/h3-4,6H,2,5,12H2,1H3,(H,13,17). The average molecular weight is 247 g/mol. The van der Waals surface area contributed by atoms with E-state index >= 15 is 0 Å². The second-order valence-corrected chi connectivity index (χ2v) is 3.54. The molecule has 94 valence electrons. The molecule has 2 heterocycles. The summed E-state index contributed by atoms with van der Waals surface area (Å²) in [7, 11) is 0. The molecule has 0 aliphatic rings. The molecule has 0 fully saturated rings. The van der Waals surface area contributed by atoms with E-state index in [4.69, 9.17) is 10.3 Å². The largest absolute Gasteiger partial charge is 0.349 e. The van der Waals surface area contributed by atoms with Crippen LogP contribution in [0, 0.1) is 0 Å². The van der Waals surface area contributed by atoms with Crippen LogP contribution in [0.15, 0.2) is 22.9 Å². The van der Waals surface area contributed by atoms with Gasteiger partial charge in [-0.1, -0.05) is 11.2 Å². The second kappa shape index (κ2) is 5.37. The molecule has 0 unspecified atom stereocenters. The number of nitrogens with two attached hydrogens (primary N) is 1. The zero-order valence-electron chi connectivity index (χ0n) is 9.88. The zero-order chi connectivity index (χ0) is 13.0. The summed E-state index contributed by atoms with van der Waals surface area (Å²) in [5.41, 5.74) is 6.89. The summed E-state index contributed by atoms with van der Waals surface area (Å²) in [6.45, 7) is 2.74. The summed E-state index contributed by atoms with van der Waals surface area (Å²) in [6.07, 6.45) is 1.63. The third kappa shape index (κ3) is 2.51. The van der Waals surface area contributed by atoms with Gasteiger partial charge in [0.1, 0.15) is 5.69 Å². The summed E-state index contributed by atoms with van der Waals surface area (Å²) >= 11 is 0. The predicted molar refractivity (Wildman–Crippen MR) is 63.4 cm³/mol. The normalized spacial score (nSPS) is 10.3. The van der Waals surface area contributed by atoms with Crippen molar-refractivity contribution in [3.63, 3.8) is 0 Å². The average Bonchev–Trinajstić information content (AvgIpc) is 2.89. The number of rotatable bonds is 4. The van der Waals surface area contributed by atoms with Gasteiger partial charge < -0.3 is 15.6 Å². The van der Waals surface area contributed by atoms with Crippen LogP contribution in [0.2, 0.25) is 0 Å². The molecule has 1 amide bonds. The molecule has 7 nitrogen and oxygen atoms in total. The molecule has 3 N–H and O–H groups in total. The minimum atomic E-state index is -0.369. The van der Waals surface area contributed by atoms with Crippen LogP contribution in [0.25, 0.3) is 11.6 Å². The topological polar surface area (TPSA) is 107 Å². The Balaban J connectivity index is 2.20. The van der Waals surface area contributed by atoms with E-state index in [0.717, 1.165) is 5.56 Å². The number of carbonyl (C=O) groups is 1. The Morgan fingerprint density at radius 1 is 1.50 bits per heavy atom. The van der Waals surface area contributed by atoms with E-state index in [1.54, 1.807) is 12.3 Å². The summed E-state index contributed by atoms with van der Waals surface area (Å²) in [4.78, 5) is 19.6. The van der Waals surface area contributed by atoms with Crippen molar-refractivity contribution < 1.29 is 9.32 Å². The highest BCUT2D eigenvalue weighted by molar-refractivity contribution is 5.90. The molecule has 0 atom stereocenters. The van der Waals surface area contributed by atoms with Crippen LogP contribution in [0.4, 0.5) is 0 Å². The highest BCUT2D eigenvalue weighted by Crippen LogP contribution is 2.14. The number of nitrogens with zero attached hydrogens (tertiary/aromatic N) is 3. The van der Waals surface area contributed by atoms with Crippen LogP contribution in [-0.4, -0.2) is 27.6 Å². The minimum Gasteiger partial charge on any atom is -0.349 e. The number of nitrogens with one attached hydrogen (secondary N) is 1. The molecule has 0 aliphatic heterocycles. The fraction of sp³-hybridized carbons (Fsp3) is 0.273. The van der Waals surface area contributed by atoms with Gasteiger partial charge in [-0.25, -0.2) is 0 Å². The molecule has 0 saturated heterocycles. The maximum absolute atomic E-state index is 11.5. The van der Waals surface area contributed by atoms with Crippen molar-refractivity contribution in [2.75, 3.05) is 6.54 Å². The van der Waals surface area contributed by atoms with Crippen molar-refractivity contribution in [2.45, 2.75) is 13.5 Å². The molecule has 2 rings (SSSR count). The number of pyridine rings is 1. The number of carbonyl (C=O) groups excluding carboxylic acids is 1. The van der Waals surface area contributed by atoms with Crippen LogP contribution in [0.1, 0.15) is 23.1 Å². The first-order valence-corrected chi connectivity index (χ1v) is 5.52. The Morgan fingerprint density at radius 2 is 2.33 bits per heavy atom. The van der Waals surface area contributed by atoms with E-state index in [1.165, 1.54) is 0 Å². The fourth-order valence-corrected chi connectivity index (χ4v) is 1.33. The molecule has 0 aromatic carbocycles. The smallest absolute Gasteiger partial charge is 0.292 e. The minimum absolute atomic E-state index is 0.00319. The van der Waals surface area contributed by atoms with Crippen LogP contribution in [0.3, 0.4) is 0 Å². The molecular weight excluding hydrogens is 234 g/mol. The van der Waals surface area contributed by atoms with Crippen molar-refractivity contribution in [3.8, 4) is 11.6 Å². The molecule has 7 heteroatoms. The zero-order valence-corrected chi connectivity index (χ0v) is 9.88. The molecule has 0 spiro atoms. The molecule has 0 saturated carbocycles. The highest BCUT2D eigenvalue weighted by Gasteiger charge is 2.15. The lowest BCUT2D eigenvalue weighted by Gasteiger charge is -1.96. The Labute approximate surface area is 103 Å². The van der Waals surface area contributed by atoms with Gasteiger partial charge in [-0.2, -0.15) is 4.98 Å². The number of amides is 1. The molecule has 0 bridgehead atoms. The van der Waals surface area contributed by atoms with Crippen molar-refractivity contribution in [3.05, 3.63) is 29.7 Å². The van der Waals surface area contributed by atoms with Gasteiger partial charge in [-0.3, -0.25) is 9.78 Å². The molecule has 2 aromatic rings. The monoisotopic (exact) mass is 247 g/mol. The lowest BCUT2D eigenvalue weighted by Crippen LogP contribution is -2.23. The Bertz CT molecular complexity index is 535. The lowest BCUT2D eigenvalue weighted by molar-refractivity contribution is 0.0942. The van der Waals surface area contributed by atoms with Gasteiger partial charge in [0.2, 0.25) is 0 Å². The first-order valence-electron chi connectivity index (χ1n) is 5.52. The quantitative estimate of drug-likeness (QED) is 0.806. The van der Waals surface area contributed by atoms with Crippen molar-refractivity contribution in [1.82, 2.24) is 20.4 Å². The third-order valence-corrected chi connectivity index (χ3v) is 2.25. The van der Waals surface area contributed by atoms with Crippen LogP contribution < -0.4 is 11.1 Å². The summed E-state index contributed by atoms with van der Waals surface area (Å²) in [6, 6.07) is 3.54. The second-order valence-electron chi connectivity index (χ2n) is 3.54. The summed E-state index contributed by atoms with van der Waals surface area (Å²) < 4.78 is 4.98. The Hall–Kier alpha value is -2.28. The molecule has 18 heavy (non-hydrogen) atoms. The summed E-state index contributed by atoms with van der Waals surface area (Å²) in [5.74, 6) is -0.164. The van der Waals surface area contributed by atoms with E-state index in [0.29, 0.717) is 18.8 Å². The number of aromatic nitrogens is 3. The van der Waals surface area contributed by atoms with Crippen LogP contribution in [0.5, 0.6) is 0 Å². The van der Waals surface area contributed by atoms with Crippen molar-refractivity contribution >= 4 is 5.91 Å². The van der Waals surface area contributed by atoms with Crippen molar-refractivity contribution in [2.24, 2.45) is 5.73 Å². The van der Waals surface area contributed by atoms with Gasteiger partial charge in [-0.05, 0) is 18.6 Å². The SMILES string of the molecule is CCNC(=O)c1noc(-c2ccc(CN)cn2)n1. The predicted octanol–water partition coefficient (Wildman–Crippen LogP) is 0.340. The first-order chi connectivity index (χ1) is 8.74. The van der Waals surface area contributed by atoms with Gasteiger partial charge in [0, 0.05) is 19.3 Å². The number of hydrogen-bond donors (Lipinski definition) is 2. The van der Waals surface area contributed by atoms with E-state index in [-0.39, 0.29) is 17.6 Å². The van der Waals surface area contributed by atoms with Crippen molar-refractivity contribution in [1.29, 1.82) is 0 Å². The van der Waals surface area contributed by atoms with Crippen LogP contribution >= 0.6 is 0 Å². The molecule has 0 radical (unpaired) electrons. The highest BCUT2D eigenvalue weighted by atomic mass is 16.5.